The van der Waals surface area contributed by atoms with Gasteiger partial charge in [0.15, 0.2) is 5.17 Å². The van der Waals surface area contributed by atoms with E-state index in [0.29, 0.717) is 22.3 Å². The Balaban J connectivity index is 1.35. The van der Waals surface area contributed by atoms with E-state index in [-0.39, 0.29) is 24.3 Å². The Labute approximate surface area is 219 Å². The van der Waals surface area contributed by atoms with Crippen LogP contribution in [0.3, 0.4) is 0 Å². The normalized spacial score (nSPS) is 19.3. The molecule has 2 aliphatic rings. The average molecular weight is 517 g/mol. The van der Waals surface area contributed by atoms with E-state index in [4.69, 9.17) is 16.7 Å². The molecule has 0 aromatic heterocycles. The van der Waals surface area contributed by atoms with E-state index in [1.165, 1.54) is 11.8 Å². The van der Waals surface area contributed by atoms with Crippen molar-refractivity contribution in [3.63, 3.8) is 0 Å². The number of rotatable bonds is 5. The van der Waals surface area contributed by atoms with Gasteiger partial charge in [0.05, 0.1) is 11.8 Å². The van der Waals surface area contributed by atoms with Crippen LogP contribution < -0.4 is 5.32 Å². The number of aliphatic imine (C=N–C) groups is 1. The minimum atomic E-state index is -0.585. The van der Waals surface area contributed by atoms with Crippen molar-refractivity contribution in [1.82, 2.24) is 5.01 Å². The molecule has 182 valence electrons. The number of nitrogens with one attached hydrogen (secondary N) is 1. The minimum Gasteiger partial charge on any atom is -0.326 e. The van der Waals surface area contributed by atoms with Gasteiger partial charge in [0, 0.05) is 23.6 Å². The lowest BCUT2D eigenvalue weighted by atomic mass is 9.97. The highest BCUT2D eigenvalue weighted by Gasteiger charge is 2.39. The Morgan fingerprint density at radius 3 is 2.53 bits per heavy atom. The van der Waals surface area contributed by atoms with E-state index in [9.17, 15) is 9.59 Å². The number of thioether (sulfide) groups is 1. The Kier molecular flexibility index (Phi) is 6.94. The monoisotopic (exact) mass is 516 g/mol. The van der Waals surface area contributed by atoms with Gasteiger partial charge < -0.3 is 5.32 Å². The van der Waals surface area contributed by atoms with Crippen LogP contribution in [0.25, 0.3) is 0 Å². The Morgan fingerprint density at radius 1 is 1.06 bits per heavy atom. The second-order valence-corrected chi connectivity index (χ2v) is 10.6. The molecule has 0 saturated carbocycles. The summed E-state index contributed by atoms with van der Waals surface area (Å²) in [6.45, 7) is 4.04. The topological polar surface area (TPSA) is 74.1 Å². The first kappa shape index (κ1) is 24.3. The lowest BCUT2D eigenvalue weighted by molar-refractivity contribution is -0.121. The zero-order chi connectivity index (χ0) is 25.2. The van der Waals surface area contributed by atoms with Gasteiger partial charge in [-0.1, -0.05) is 83.0 Å². The van der Waals surface area contributed by atoms with Gasteiger partial charge in [0.25, 0.3) is 5.91 Å². The maximum absolute atomic E-state index is 12.8. The maximum Gasteiger partial charge on any atom is 0.262 e. The molecule has 3 aromatic rings. The molecule has 0 fully saturated rings. The standard InChI is InChI=1S/C28H25ClN4O2S/c1-17-6-12-22(13-7-17)30-26(34)16-25-27(35)31-28(36-25)33-24(20-5-3-4-18(2)14-20)15-23(32-33)19-8-10-21(29)11-9-19/h3-14,24-25H,15-16H2,1-2H3,(H,30,34). The van der Waals surface area contributed by atoms with Crippen LogP contribution in [0.4, 0.5) is 5.69 Å². The minimum absolute atomic E-state index is 0.0427. The Hall–Kier alpha value is -3.42. The van der Waals surface area contributed by atoms with Crippen molar-refractivity contribution in [3.05, 3.63) is 100 Å². The van der Waals surface area contributed by atoms with Crippen LogP contribution in [0.1, 0.15) is 41.1 Å². The summed E-state index contributed by atoms with van der Waals surface area (Å²) in [4.78, 5) is 29.7. The molecule has 2 unspecified atom stereocenters. The van der Waals surface area contributed by atoms with E-state index >= 15 is 0 Å². The zero-order valence-corrected chi connectivity index (χ0v) is 21.5. The predicted octanol–water partition coefficient (Wildman–Crippen LogP) is 6.13. The lowest BCUT2D eigenvalue weighted by Gasteiger charge is -2.23. The van der Waals surface area contributed by atoms with Crippen molar-refractivity contribution < 1.29 is 9.59 Å². The average Bonchev–Trinajstić information content (AvgIpc) is 3.45. The number of carbonyl (C=O) groups excluding carboxylic acids is 2. The molecular formula is C28H25ClN4O2S. The second kappa shape index (κ2) is 10.3. The summed E-state index contributed by atoms with van der Waals surface area (Å²) in [5, 5.41) is 10.2. The summed E-state index contributed by atoms with van der Waals surface area (Å²) < 4.78 is 0. The fourth-order valence-electron chi connectivity index (χ4n) is 4.26. The third-order valence-corrected chi connectivity index (χ3v) is 7.54. The number of aryl methyl sites for hydroxylation is 2. The number of hydrogen-bond donors (Lipinski definition) is 1. The highest BCUT2D eigenvalue weighted by molar-refractivity contribution is 8.15. The number of hydrogen-bond acceptors (Lipinski definition) is 5. The maximum atomic E-state index is 12.8. The number of amidine groups is 1. The van der Waals surface area contributed by atoms with Gasteiger partial charge in [-0.2, -0.15) is 10.1 Å². The van der Waals surface area contributed by atoms with Crippen molar-refractivity contribution in [3.8, 4) is 0 Å². The number of hydrazone groups is 1. The smallest absolute Gasteiger partial charge is 0.262 e. The van der Waals surface area contributed by atoms with Crippen molar-refractivity contribution in [2.24, 2.45) is 10.1 Å². The first-order valence-electron chi connectivity index (χ1n) is 11.7. The van der Waals surface area contributed by atoms with Crippen LogP contribution in [0.5, 0.6) is 0 Å². The fraction of sp³-hybridized carbons (Fsp3) is 0.214. The van der Waals surface area contributed by atoms with Crippen molar-refractivity contribution in [1.29, 1.82) is 0 Å². The molecule has 2 aliphatic heterocycles. The van der Waals surface area contributed by atoms with Crippen LogP contribution in [-0.2, 0) is 9.59 Å². The van der Waals surface area contributed by atoms with E-state index in [1.54, 1.807) is 0 Å². The third-order valence-electron chi connectivity index (χ3n) is 6.15. The summed E-state index contributed by atoms with van der Waals surface area (Å²) in [7, 11) is 0. The quantitative estimate of drug-likeness (QED) is 0.442. The van der Waals surface area contributed by atoms with Crippen molar-refractivity contribution in [2.45, 2.75) is 38.0 Å². The second-order valence-electron chi connectivity index (χ2n) is 8.99. The number of nitrogens with zero attached hydrogens (tertiary/aromatic N) is 3. The van der Waals surface area contributed by atoms with Gasteiger partial charge in [-0.3, -0.25) is 9.59 Å². The number of amides is 2. The molecule has 8 heteroatoms. The molecule has 6 nitrogen and oxygen atoms in total. The van der Waals surface area contributed by atoms with Crippen LogP contribution in [-0.4, -0.2) is 33.0 Å². The lowest BCUT2D eigenvalue weighted by Crippen LogP contribution is -2.25. The summed E-state index contributed by atoms with van der Waals surface area (Å²) in [6, 6.07) is 23.3. The molecule has 2 heterocycles. The first-order chi connectivity index (χ1) is 17.4. The van der Waals surface area contributed by atoms with E-state index < -0.39 is 5.25 Å². The first-order valence-corrected chi connectivity index (χ1v) is 13.0. The van der Waals surface area contributed by atoms with Crippen molar-refractivity contribution in [2.75, 3.05) is 5.32 Å². The number of anilines is 1. The SMILES string of the molecule is Cc1ccc(NC(=O)CC2SC(N3N=C(c4ccc(Cl)cc4)CC3c3cccc(C)c3)=NC2=O)cc1. The Bertz CT molecular complexity index is 1370. The van der Waals surface area contributed by atoms with Gasteiger partial charge in [0.2, 0.25) is 5.91 Å². The molecule has 1 N–H and O–H groups in total. The van der Waals surface area contributed by atoms with Crippen LogP contribution in [0, 0.1) is 13.8 Å². The summed E-state index contributed by atoms with van der Waals surface area (Å²) in [5.41, 5.74) is 5.94. The van der Waals surface area contributed by atoms with Gasteiger partial charge in [-0.25, -0.2) is 5.01 Å². The highest BCUT2D eigenvalue weighted by Crippen LogP contribution is 2.39. The van der Waals surface area contributed by atoms with E-state index in [0.717, 1.165) is 28.0 Å². The van der Waals surface area contributed by atoms with Gasteiger partial charge in [-0.15, -0.1) is 0 Å². The highest BCUT2D eigenvalue weighted by atomic mass is 35.5. The van der Waals surface area contributed by atoms with Crippen LogP contribution >= 0.6 is 23.4 Å². The molecular weight excluding hydrogens is 492 g/mol. The van der Waals surface area contributed by atoms with Gasteiger partial charge in [0.1, 0.15) is 5.25 Å². The molecule has 0 aliphatic carbocycles. The molecule has 0 saturated heterocycles. The summed E-state index contributed by atoms with van der Waals surface area (Å²) in [5.74, 6) is -0.532. The molecule has 0 bridgehead atoms. The zero-order valence-electron chi connectivity index (χ0n) is 19.9. The van der Waals surface area contributed by atoms with Crippen LogP contribution in [0.2, 0.25) is 5.02 Å². The van der Waals surface area contributed by atoms with E-state index in [1.807, 2.05) is 66.5 Å². The molecule has 3 aromatic carbocycles. The molecule has 0 radical (unpaired) electrons. The van der Waals surface area contributed by atoms with Gasteiger partial charge >= 0.3 is 0 Å². The molecule has 0 spiro atoms. The number of benzene rings is 3. The Morgan fingerprint density at radius 2 is 1.81 bits per heavy atom. The molecule has 36 heavy (non-hydrogen) atoms. The summed E-state index contributed by atoms with van der Waals surface area (Å²) >= 11 is 7.38. The van der Waals surface area contributed by atoms with Gasteiger partial charge in [-0.05, 0) is 49.2 Å². The number of carbonyl (C=O) groups is 2. The summed E-state index contributed by atoms with van der Waals surface area (Å²) in [6.07, 6.45) is 0.707. The largest absolute Gasteiger partial charge is 0.326 e. The van der Waals surface area contributed by atoms with Crippen LogP contribution in [0.15, 0.2) is 82.9 Å². The third kappa shape index (κ3) is 5.37. The van der Waals surface area contributed by atoms with Crippen molar-refractivity contribution >= 4 is 51.7 Å². The molecule has 2 atom stereocenters. The molecule has 5 rings (SSSR count). The number of halogens is 1. The van der Waals surface area contributed by atoms with E-state index in [2.05, 4.69) is 35.4 Å². The predicted molar refractivity (Wildman–Crippen MR) is 147 cm³/mol. The fourth-order valence-corrected chi connectivity index (χ4v) is 5.45. The molecule has 2 amide bonds.